The van der Waals surface area contributed by atoms with Gasteiger partial charge in [-0.2, -0.15) is 8.78 Å². The number of halogens is 3. The Hall–Kier alpha value is -3.21. The third-order valence-electron chi connectivity index (χ3n) is 4.83. The highest BCUT2D eigenvalue weighted by Crippen LogP contribution is 2.31. The number of carboxylic acid groups (broad SMARTS) is 1. The lowest BCUT2D eigenvalue weighted by Gasteiger charge is -2.21. The Labute approximate surface area is 191 Å². The largest absolute Gasteiger partial charge is 0.465 e. The molecule has 3 rings (SSSR count). The summed E-state index contributed by atoms with van der Waals surface area (Å²) in [4.78, 5) is 28.8. The molecule has 2 heterocycles. The number of hydrogen-bond acceptors (Lipinski definition) is 4. The highest BCUT2D eigenvalue weighted by atomic mass is 79.9. The molecule has 0 aliphatic heterocycles. The van der Waals surface area contributed by atoms with E-state index in [1.165, 1.54) is 6.07 Å². The fourth-order valence-corrected chi connectivity index (χ4v) is 3.56. The molecular weight excluding hydrogens is 490 g/mol. The number of nitrogens with zero attached hydrogens (tertiary/aromatic N) is 3. The van der Waals surface area contributed by atoms with Gasteiger partial charge in [-0.25, -0.2) is 9.78 Å². The molecule has 2 N–H and O–H groups in total. The molecular formula is C21H21BrF2N4O4. The highest BCUT2D eigenvalue weighted by Gasteiger charge is 2.29. The molecule has 1 amide bonds. The number of ether oxygens (including phenoxy) is 1. The summed E-state index contributed by atoms with van der Waals surface area (Å²) in [6, 6.07) is 7.67. The van der Waals surface area contributed by atoms with E-state index in [4.69, 9.17) is 5.11 Å². The SMILES string of the molecule is CC(C)C(NC(=O)O)C(=O)n1cc(OC(F)F)cc1-c1ncc(-c2ccc(Br)cc2)n1C. The van der Waals surface area contributed by atoms with Crippen LogP contribution in [0.3, 0.4) is 0 Å². The third kappa shape index (κ3) is 4.98. The third-order valence-corrected chi connectivity index (χ3v) is 5.36. The average Bonchev–Trinajstić information content (AvgIpc) is 3.28. The quantitative estimate of drug-likeness (QED) is 0.473. The Morgan fingerprint density at radius 3 is 2.41 bits per heavy atom. The van der Waals surface area contributed by atoms with Gasteiger partial charge in [-0.3, -0.25) is 9.36 Å². The molecule has 0 radical (unpaired) electrons. The molecule has 2 aromatic heterocycles. The predicted octanol–water partition coefficient (Wildman–Crippen LogP) is 4.85. The van der Waals surface area contributed by atoms with E-state index in [1.807, 2.05) is 24.3 Å². The summed E-state index contributed by atoms with van der Waals surface area (Å²) >= 11 is 3.38. The fourth-order valence-electron chi connectivity index (χ4n) is 3.29. The topological polar surface area (TPSA) is 98.4 Å². The van der Waals surface area contributed by atoms with Gasteiger partial charge in [0.15, 0.2) is 5.82 Å². The van der Waals surface area contributed by atoms with Gasteiger partial charge in [0.25, 0.3) is 5.91 Å². The Morgan fingerprint density at radius 1 is 1.19 bits per heavy atom. The van der Waals surface area contributed by atoms with Crippen LogP contribution in [0.2, 0.25) is 0 Å². The van der Waals surface area contributed by atoms with Crippen LogP contribution in [0, 0.1) is 5.92 Å². The van der Waals surface area contributed by atoms with Gasteiger partial charge in [-0.15, -0.1) is 0 Å². The predicted molar refractivity (Wildman–Crippen MR) is 117 cm³/mol. The van der Waals surface area contributed by atoms with Gasteiger partial charge in [-0.1, -0.05) is 41.9 Å². The molecule has 8 nitrogen and oxygen atoms in total. The molecule has 0 bridgehead atoms. The van der Waals surface area contributed by atoms with E-state index in [0.29, 0.717) is 5.82 Å². The van der Waals surface area contributed by atoms with Crippen molar-refractivity contribution in [3.05, 3.63) is 47.2 Å². The lowest BCUT2D eigenvalue weighted by Crippen LogP contribution is -2.46. The number of alkyl halides is 2. The Balaban J connectivity index is 2.10. The molecule has 1 unspecified atom stereocenters. The van der Waals surface area contributed by atoms with Crippen LogP contribution in [0.25, 0.3) is 22.8 Å². The number of carbonyl (C=O) groups excluding carboxylic acids is 1. The standard InChI is InChI=1S/C21H21BrF2N4O4/c1-11(2)17(26-21(30)31)19(29)28-10-14(32-20(23)24)8-15(28)18-25-9-16(27(18)3)12-4-6-13(22)7-5-12/h4-11,17,20,26H,1-3H3,(H,30,31). The van der Waals surface area contributed by atoms with Gasteiger partial charge >= 0.3 is 12.7 Å². The van der Waals surface area contributed by atoms with E-state index in [2.05, 4.69) is 31.0 Å². The van der Waals surface area contributed by atoms with Crippen LogP contribution in [-0.4, -0.2) is 43.9 Å². The van der Waals surface area contributed by atoms with Crippen LogP contribution in [0.5, 0.6) is 5.75 Å². The second kappa shape index (κ2) is 9.51. The summed E-state index contributed by atoms with van der Waals surface area (Å²) in [6.45, 7) is 0.251. The minimum atomic E-state index is -3.09. The van der Waals surface area contributed by atoms with Gasteiger partial charge < -0.3 is 19.7 Å². The van der Waals surface area contributed by atoms with Crippen molar-refractivity contribution in [2.75, 3.05) is 0 Å². The maximum Gasteiger partial charge on any atom is 0.405 e. The minimum absolute atomic E-state index is 0.189. The molecule has 0 saturated heterocycles. The van der Waals surface area contributed by atoms with Crippen molar-refractivity contribution in [2.45, 2.75) is 26.5 Å². The first-order valence-electron chi connectivity index (χ1n) is 9.57. The van der Waals surface area contributed by atoms with Crippen LogP contribution in [0.15, 0.2) is 47.2 Å². The van der Waals surface area contributed by atoms with Crippen molar-refractivity contribution < 1.29 is 28.2 Å². The average molecular weight is 511 g/mol. The number of imidazole rings is 1. The van der Waals surface area contributed by atoms with E-state index >= 15 is 0 Å². The molecule has 0 aliphatic carbocycles. The molecule has 32 heavy (non-hydrogen) atoms. The van der Waals surface area contributed by atoms with Gasteiger partial charge in [0.05, 0.1) is 23.8 Å². The van der Waals surface area contributed by atoms with E-state index in [1.54, 1.807) is 31.7 Å². The van der Waals surface area contributed by atoms with Crippen LogP contribution in [0.4, 0.5) is 13.6 Å². The number of rotatable bonds is 7. The Morgan fingerprint density at radius 2 is 1.84 bits per heavy atom. The first-order valence-corrected chi connectivity index (χ1v) is 10.4. The maximum absolute atomic E-state index is 13.2. The normalized spacial score (nSPS) is 12.2. The summed E-state index contributed by atoms with van der Waals surface area (Å²) in [5.74, 6) is -0.963. The van der Waals surface area contributed by atoms with Crippen molar-refractivity contribution in [3.63, 3.8) is 0 Å². The van der Waals surface area contributed by atoms with Crippen molar-refractivity contribution in [3.8, 4) is 28.5 Å². The zero-order valence-corrected chi connectivity index (χ0v) is 19.0. The number of hydrogen-bond donors (Lipinski definition) is 2. The summed E-state index contributed by atoms with van der Waals surface area (Å²) in [6.07, 6.45) is 1.34. The summed E-state index contributed by atoms with van der Waals surface area (Å²) in [5, 5.41) is 11.3. The molecule has 11 heteroatoms. The first kappa shape index (κ1) is 23.5. The lowest BCUT2D eigenvalue weighted by molar-refractivity contribution is -0.0498. The molecule has 1 atom stereocenters. The van der Waals surface area contributed by atoms with Crippen LogP contribution < -0.4 is 10.1 Å². The van der Waals surface area contributed by atoms with E-state index in [0.717, 1.165) is 26.5 Å². The van der Waals surface area contributed by atoms with Crippen LogP contribution >= 0.6 is 15.9 Å². The smallest absolute Gasteiger partial charge is 0.405 e. The number of nitrogens with one attached hydrogen (secondary N) is 1. The van der Waals surface area contributed by atoms with Crippen LogP contribution in [-0.2, 0) is 7.05 Å². The number of aromatic nitrogens is 3. The highest BCUT2D eigenvalue weighted by molar-refractivity contribution is 9.10. The Kier molecular flexibility index (Phi) is 6.97. The van der Waals surface area contributed by atoms with E-state index in [-0.39, 0.29) is 11.4 Å². The molecule has 3 aromatic rings. The maximum atomic E-state index is 13.2. The fraction of sp³-hybridized carbons (Fsp3) is 0.286. The first-order chi connectivity index (χ1) is 15.1. The van der Waals surface area contributed by atoms with Gasteiger partial charge in [0.1, 0.15) is 11.8 Å². The second-order valence-corrected chi connectivity index (χ2v) is 8.27. The van der Waals surface area contributed by atoms with E-state index in [9.17, 15) is 18.4 Å². The molecule has 1 aromatic carbocycles. The summed E-state index contributed by atoms with van der Waals surface area (Å²) in [5.41, 5.74) is 1.78. The summed E-state index contributed by atoms with van der Waals surface area (Å²) in [7, 11) is 1.73. The van der Waals surface area contributed by atoms with Gasteiger partial charge in [0.2, 0.25) is 0 Å². The van der Waals surface area contributed by atoms with E-state index < -0.39 is 30.6 Å². The van der Waals surface area contributed by atoms with Crippen molar-refractivity contribution >= 4 is 27.9 Å². The molecule has 170 valence electrons. The lowest BCUT2D eigenvalue weighted by atomic mass is 10.0. The number of carbonyl (C=O) groups is 2. The minimum Gasteiger partial charge on any atom is -0.465 e. The number of benzene rings is 1. The van der Waals surface area contributed by atoms with Crippen molar-refractivity contribution in [2.24, 2.45) is 13.0 Å². The second-order valence-electron chi connectivity index (χ2n) is 7.35. The molecule has 0 spiro atoms. The molecule has 0 fully saturated rings. The van der Waals surface area contributed by atoms with Gasteiger partial charge in [-0.05, 0) is 23.6 Å². The van der Waals surface area contributed by atoms with Crippen molar-refractivity contribution in [1.29, 1.82) is 0 Å². The Bertz CT molecular complexity index is 1130. The van der Waals surface area contributed by atoms with Gasteiger partial charge in [0, 0.05) is 17.6 Å². The van der Waals surface area contributed by atoms with Crippen LogP contribution in [0.1, 0.15) is 18.6 Å². The van der Waals surface area contributed by atoms with Crippen molar-refractivity contribution in [1.82, 2.24) is 19.4 Å². The molecule has 0 aliphatic rings. The summed E-state index contributed by atoms with van der Waals surface area (Å²) < 4.78 is 33.9. The molecule has 0 saturated carbocycles. The zero-order valence-electron chi connectivity index (χ0n) is 17.4. The number of amides is 1. The zero-order chi connectivity index (χ0) is 23.6. The monoisotopic (exact) mass is 510 g/mol.